The van der Waals surface area contributed by atoms with Crippen molar-refractivity contribution in [2.75, 3.05) is 41.7 Å². The summed E-state index contributed by atoms with van der Waals surface area (Å²) in [4.78, 5) is 12.6. The number of hydrogen-bond donors (Lipinski definition) is 3. The van der Waals surface area contributed by atoms with E-state index >= 15 is 0 Å². The molecule has 12 nitrogen and oxygen atoms in total. The number of benzene rings is 1. The van der Waals surface area contributed by atoms with Gasteiger partial charge in [-0.3, -0.25) is 0 Å². The van der Waals surface area contributed by atoms with Gasteiger partial charge in [0.05, 0.1) is 18.8 Å². The van der Waals surface area contributed by atoms with Crippen molar-refractivity contribution >= 4 is 5.97 Å². The van der Waals surface area contributed by atoms with Crippen LogP contribution >= 0.6 is 0 Å². The molecule has 0 amide bonds. The second-order valence-electron chi connectivity index (χ2n) is 8.16. The third-order valence-corrected chi connectivity index (χ3v) is 6.14. The van der Waals surface area contributed by atoms with Crippen LogP contribution in [0.4, 0.5) is 0 Å². The van der Waals surface area contributed by atoms with Crippen LogP contribution in [0.2, 0.25) is 0 Å². The first-order valence-corrected chi connectivity index (χ1v) is 11.2. The number of hydrogen-bond acceptors (Lipinski definition) is 12. The molecule has 2 saturated heterocycles. The summed E-state index contributed by atoms with van der Waals surface area (Å²) < 4.78 is 44.9. The minimum Gasteiger partial charge on any atom is -0.450 e. The molecule has 1 aromatic carbocycles. The van der Waals surface area contributed by atoms with E-state index in [2.05, 4.69) is 0 Å². The summed E-state index contributed by atoms with van der Waals surface area (Å²) in [6.07, 6.45) is -10.3. The van der Waals surface area contributed by atoms with Crippen LogP contribution in [0.15, 0.2) is 30.3 Å². The van der Waals surface area contributed by atoms with Gasteiger partial charge in [-0.05, 0) is 12.1 Å². The van der Waals surface area contributed by atoms with Crippen molar-refractivity contribution in [3.05, 3.63) is 35.9 Å². The zero-order chi connectivity index (χ0) is 25.5. The van der Waals surface area contributed by atoms with Crippen molar-refractivity contribution in [1.82, 2.24) is 0 Å². The topological polar surface area (TPSA) is 152 Å². The summed E-state index contributed by atoms with van der Waals surface area (Å²) in [5, 5.41) is 30.6. The lowest BCUT2D eigenvalue weighted by Crippen LogP contribution is -2.63. The Morgan fingerprint density at radius 1 is 0.800 bits per heavy atom. The summed E-state index contributed by atoms with van der Waals surface area (Å²) >= 11 is 0. The molecule has 0 aromatic heterocycles. The summed E-state index contributed by atoms with van der Waals surface area (Å²) in [5.74, 6) is -0.744. The summed E-state index contributed by atoms with van der Waals surface area (Å²) in [5.41, 5.74) is 0.240. The number of rotatable bonds is 10. The summed E-state index contributed by atoms with van der Waals surface area (Å²) in [6, 6.07) is 8.14. The monoisotopic (exact) mass is 502 g/mol. The smallest absolute Gasteiger partial charge is 0.338 e. The Balaban J connectivity index is 1.77. The highest BCUT2D eigenvalue weighted by Gasteiger charge is 2.50. The van der Waals surface area contributed by atoms with Gasteiger partial charge in [0.15, 0.2) is 18.7 Å². The number of esters is 1. The third-order valence-electron chi connectivity index (χ3n) is 6.14. The van der Waals surface area contributed by atoms with Crippen molar-refractivity contribution < 1.29 is 58.0 Å². The van der Waals surface area contributed by atoms with Gasteiger partial charge in [-0.25, -0.2) is 4.79 Å². The molecule has 10 atom stereocenters. The molecule has 2 fully saturated rings. The van der Waals surface area contributed by atoms with Crippen LogP contribution in [-0.2, 0) is 37.9 Å². The fourth-order valence-electron chi connectivity index (χ4n) is 4.28. The molecule has 0 unspecified atom stereocenters. The van der Waals surface area contributed by atoms with Crippen molar-refractivity contribution in [3.63, 3.8) is 0 Å². The second-order valence-corrected chi connectivity index (χ2v) is 8.16. The normalized spacial score (nSPS) is 37.7. The lowest BCUT2D eigenvalue weighted by Gasteiger charge is -2.45. The first-order chi connectivity index (χ1) is 16.9. The molecule has 2 aliphatic rings. The van der Waals surface area contributed by atoms with E-state index in [0.717, 1.165) is 0 Å². The Hall–Kier alpha value is -1.71. The molecule has 1 aromatic rings. The van der Waals surface area contributed by atoms with Crippen LogP contribution in [0.25, 0.3) is 0 Å². The van der Waals surface area contributed by atoms with E-state index in [1.807, 2.05) is 0 Å². The molecular formula is C23H34O12. The highest BCUT2D eigenvalue weighted by molar-refractivity contribution is 5.89. The zero-order valence-electron chi connectivity index (χ0n) is 20.1. The van der Waals surface area contributed by atoms with Crippen LogP contribution in [-0.4, -0.2) is 124 Å². The van der Waals surface area contributed by atoms with Gasteiger partial charge in [0.1, 0.15) is 42.7 Å². The largest absolute Gasteiger partial charge is 0.450 e. The van der Waals surface area contributed by atoms with Crippen LogP contribution < -0.4 is 0 Å². The Kier molecular flexibility index (Phi) is 10.4. The SMILES string of the molecule is CO[C@H]1O[C@H](CO[C@H]2O[C@H](CO)[C@@H](O)[C@H](O)[C@@H]2OC(=O)c2ccccc2)[C@@H](OC)[C@H](OC)[C@H]1OC. The molecule has 3 rings (SSSR count). The zero-order valence-corrected chi connectivity index (χ0v) is 20.1. The van der Waals surface area contributed by atoms with E-state index in [-0.39, 0.29) is 12.2 Å². The lowest BCUT2D eigenvalue weighted by atomic mass is 9.97. The fraction of sp³-hybridized carbons (Fsp3) is 0.696. The van der Waals surface area contributed by atoms with E-state index in [1.54, 1.807) is 30.3 Å². The van der Waals surface area contributed by atoms with Gasteiger partial charge in [-0.1, -0.05) is 18.2 Å². The molecule has 12 heteroatoms. The van der Waals surface area contributed by atoms with Crippen molar-refractivity contribution in [2.24, 2.45) is 0 Å². The maximum absolute atomic E-state index is 12.6. The molecule has 0 spiro atoms. The minimum absolute atomic E-state index is 0.153. The Bertz CT molecular complexity index is 779. The molecule has 0 aliphatic carbocycles. The first kappa shape index (κ1) is 27.9. The predicted molar refractivity (Wildman–Crippen MR) is 117 cm³/mol. The highest BCUT2D eigenvalue weighted by atomic mass is 16.7. The third kappa shape index (κ3) is 6.17. The molecule has 2 heterocycles. The molecule has 198 valence electrons. The molecule has 35 heavy (non-hydrogen) atoms. The van der Waals surface area contributed by atoms with Gasteiger partial charge in [0.2, 0.25) is 0 Å². The van der Waals surface area contributed by atoms with Crippen LogP contribution in [0, 0.1) is 0 Å². The minimum atomic E-state index is -1.58. The van der Waals surface area contributed by atoms with Gasteiger partial charge < -0.3 is 53.2 Å². The van der Waals surface area contributed by atoms with E-state index in [9.17, 15) is 20.1 Å². The average molecular weight is 503 g/mol. The van der Waals surface area contributed by atoms with E-state index < -0.39 is 74.0 Å². The van der Waals surface area contributed by atoms with Gasteiger partial charge in [0, 0.05) is 28.4 Å². The second kappa shape index (κ2) is 13.0. The van der Waals surface area contributed by atoms with Crippen molar-refractivity contribution in [3.8, 4) is 0 Å². The highest BCUT2D eigenvalue weighted by Crippen LogP contribution is 2.30. The van der Waals surface area contributed by atoms with Crippen LogP contribution in [0.3, 0.4) is 0 Å². The predicted octanol–water partition coefficient (Wildman–Crippen LogP) is -0.916. The van der Waals surface area contributed by atoms with Gasteiger partial charge in [-0.2, -0.15) is 0 Å². The average Bonchev–Trinajstić information content (AvgIpc) is 2.89. The van der Waals surface area contributed by atoms with E-state index in [1.165, 1.54) is 28.4 Å². The number of carbonyl (C=O) groups excluding carboxylic acids is 1. The molecule has 3 N–H and O–H groups in total. The number of aliphatic hydroxyl groups excluding tert-OH is 3. The molecule has 0 saturated carbocycles. The molecule has 0 radical (unpaired) electrons. The fourth-order valence-corrected chi connectivity index (χ4v) is 4.28. The van der Waals surface area contributed by atoms with E-state index in [0.29, 0.717) is 0 Å². The Labute approximate surface area is 203 Å². The Morgan fingerprint density at radius 3 is 2.00 bits per heavy atom. The van der Waals surface area contributed by atoms with Gasteiger partial charge in [-0.15, -0.1) is 0 Å². The van der Waals surface area contributed by atoms with Crippen LogP contribution in [0.5, 0.6) is 0 Å². The number of aliphatic hydroxyl groups is 3. The maximum atomic E-state index is 12.6. The Morgan fingerprint density at radius 2 is 1.43 bits per heavy atom. The lowest BCUT2D eigenvalue weighted by molar-refractivity contribution is -0.333. The van der Waals surface area contributed by atoms with E-state index in [4.69, 9.17) is 37.9 Å². The summed E-state index contributed by atoms with van der Waals surface area (Å²) in [6.45, 7) is -0.745. The van der Waals surface area contributed by atoms with Crippen molar-refractivity contribution in [1.29, 1.82) is 0 Å². The first-order valence-electron chi connectivity index (χ1n) is 11.2. The van der Waals surface area contributed by atoms with Gasteiger partial charge >= 0.3 is 5.97 Å². The molecular weight excluding hydrogens is 468 g/mol. The number of ether oxygens (including phenoxy) is 8. The number of methoxy groups -OCH3 is 4. The number of carbonyl (C=O) groups is 1. The van der Waals surface area contributed by atoms with Crippen LogP contribution in [0.1, 0.15) is 10.4 Å². The van der Waals surface area contributed by atoms with Crippen molar-refractivity contribution in [2.45, 2.75) is 61.4 Å². The quantitative estimate of drug-likeness (QED) is 0.340. The molecule has 0 bridgehead atoms. The standard InChI is InChI=1S/C23H34O12/c1-28-17-14(34-22(31-4)20(30-3)19(17)29-2)11-32-23-18(16(26)15(25)13(10-24)33-23)35-21(27)12-8-6-5-7-9-12/h5-9,13-20,22-26H,10-11H2,1-4H3/t13-,14-,15-,16+,17-,18+,19+,20-,22+,23+/m1/s1. The summed E-state index contributed by atoms with van der Waals surface area (Å²) in [7, 11) is 5.95. The van der Waals surface area contributed by atoms with Gasteiger partial charge in [0.25, 0.3) is 0 Å². The molecule has 2 aliphatic heterocycles. The maximum Gasteiger partial charge on any atom is 0.338 e.